The van der Waals surface area contributed by atoms with Crippen LogP contribution in [-0.4, -0.2) is 32.3 Å². The molecule has 0 unspecified atom stereocenters. The van der Waals surface area contributed by atoms with E-state index in [-0.39, 0.29) is 11.9 Å². The lowest BCUT2D eigenvalue weighted by atomic mass is 10.1. The predicted molar refractivity (Wildman–Crippen MR) is 96.0 cm³/mol. The van der Waals surface area contributed by atoms with E-state index in [9.17, 15) is 4.79 Å². The van der Waals surface area contributed by atoms with Gasteiger partial charge in [-0.25, -0.2) is 4.98 Å². The van der Waals surface area contributed by atoms with Crippen molar-refractivity contribution in [2.24, 2.45) is 0 Å². The molecule has 1 aliphatic rings. The number of likely N-dealkylation sites (tertiary alicyclic amines) is 1. The third-order valence-corrected chi connectivity index (χ3v) is 4.64. The molecule has 5 heteroatoms. The third kappa shape index (κ3) is 3.05. The number of carbonyl (C=O) groups excluding carboxylic acids is 1. The molecular weight excluding hydrogens is 312 g/mol. The van der Waals surface area contributed by atoms with Crippen LogP contribution in [0.25, 0.3) is 11.3 Å². The van der Waals surface area contributed by atoms with E-state index in [4.69, 9.17) is 0 Å². The van der Waals surface area contributed by atoms with Gasteiger partial charge in [0.25, 0.3) is 5.91 Å². The summed E-state index contributed by atoms with van der Waals surface area (Å²) in [5.74, 6) is 0.815. The van der Waals surface area contributed by atoms with Crippen molar-refractivity contribution in [2.75, 3.05) is 6.54 Å². The van der Waals surface area contributed by atoms with Crippen LogP contribution in [0.15, 0.2) is 54.9 Å². The number of aromatic amines is 1. The summed E-state index contributed by atoms with van der Waals surface area (Å²) in [5, 5.41) is 0. The number of hydrogen-bond donors (Lipinski definition) is 1. The third-order valence-electron chi connectivity index (χ3n) is 4.64. The number of imidazole rings is 1. The van der Waals surface area contributed by atoms with Gasteiger partial charge >= 0.3 is 0 Å². The first-order valence-corrected chi connectivity index (χ1v) is 8.56. The second-order valence-electron chi connectivity index (χ2n) is 6.42. The summed E-state index contributed by atoms with van der Waals surface area (Å²) in [6, 6.07) is 13.7. The molecule has 1 amide bonds. The summed E-state index contributed by atoms with van der Waals surface area (Å²) >= 11 is 0. The van der Waals surface area contributed by atoms with Crippen molar-refractivity contribution >= 4 is 5.91 Å². The van der Waals surface area contributed by atoms with Crippen molar-refractivity contribution < 1.29 is 4.79 Å². The molecule has 0 aliphatic carbocycles. The minimum atomic E-state index is -0.0309. The molecule has 1 aliphatic heterocycles. The molecule has 1 N–H and O–H groups in total. The molecule has 1 atom stereocenters. The van der Waals surface area contributed by atoms with Gasteiger partial charge in [0.2, 0.25) is 0 Å². The van der Waals surface area contributed by atoms with E-state index in [1.807, 2.05) is 29.3 Å². The maximum absolute atomic E-state index is 12.8. The lowest BCUT2D eigenvalue weighted by molar-refractivity contribution is 0.0724. The topological polar surface area (TPSA) is 61.9 Å². The van der Waals surface area contributed by atoms with Crippen LogP contribution < -0.4 is 0 Å². The van der Waals surface area contributed by atoms with Crippen LogP contribution in [-0.2, 0) is 0 Å². The fraction of sp³-hybridized carbons (Fsp3) is 0.250. The molecule has 1 aromatic carbocycles. The number of rotatable bonds is 3. The number of H-pyrrole nitrogens is 1. The van der Waals surface area contributed by atoms with E-state index in [0.717, 1.165) is 36.5 Å². The van der Waals surface area contributed by atoms with Crippen LogP contribution in [0.3, 0.4) is 0 Å². The predicted octanol–water partition coefficient (Wildman–Crippen LogP) is 3.76. The summed E-state index contributed by atoms with van der Waals surface area (Å²) in [5.41, 5.74) is 3.79. The van der Waals surface area contributed by atoms with E-state index < -0.39 is 0 Å². The number of benzene rings is 1. The number of nitrogens with one attached hydrogen (secondary N) is 1. The summed E-state index contributed by atoms with van der Waals surface area (Å²) in [6.07, 6.45) is 5.40. The van der Waals surface area contributed by atoms with E-state index in [1.165, 1.54) is 5.56 Å². The van der Waals surface area contributed by atoms with Crippen LogP contribution in [0, 0.1) is 6.92 Å². The first-order valence-electron chi connectivity index (χ1n) is 8.56. The summed E-state index contributed by atoms with van der Waals surface area (Å²) in [6.45, 7) is 2.81. The highest BCUT2D eigenvalue weighted by Crippen LogP contribution is 2.32. The number of pyridine rings is 1. The second-order valence-corrected chi connectivity index (χ2v) is 6.42. The van der Waals surface area contributed by atoms with E-state index in [1.54, 1.807) is 12.3 Å². The van der Waals surface area contributed by atoms with Crippen molar-refractivity contribution in [1.29, 1.82) is 0 Å². The molecule has 0 saturated carbocycles. The van der Waals surface area contributed by atoms with Gasteiger partial charge in [-0.1, -0.05) is 29.8 Å². The number of aryl methyl sites for hydroxylation is 1. The Morgan fingerprint density at radius 1 is 1.20 bits per heavy atom. The number of amides is 1. The van der Waals surface area contributed by atoms with Gasteiger partial charge in [-0.2, -0.15) is 0 Å². The highest BCUT2D eigenvalue weighted by Gasteiger charge is 2.33. The minimum Gasteiger partial charge on any atom is -0.340 e. The summed E-state index contributed by atoms with van der Waals surface area (Å²) < 4.78 is 0. The number of nitrogens with zero attached hydrogens (tertiary/aromatic N) is 3. The van der Waals surface area contributed by atoms with Crippen molar-refractivity contribution in [3.05, 3.63) is 71.9 Å². The van der Waals surface area contributed by atoms with Gasteiger partial charge in [-0.15, -0.1) is 0 Å². The zero-order valence-electron chi connectivity index (χ0n) is 14.1. The highest BCUT2D eigenvalue weighted by atomic mass is 16.2. The van der Waals surface area contributed by atoms with Gasteiger partial charge < -0.3 is 9.88 Å². The second kappa shape index (κ2) is 6.51. The normalized spacial score (nSPS) is 17.0. The average Bonchev–Trinajstić information content (AvgIpc) is 3.31. The lowest BCUT2D eigenvalue weighted by Gasteiger charge is -2.22. The van der Waals surface area contributed by atoms with Crippen molar-refractivity contribution in [3.8, 4) is 11.3 Å². The number of aromatic nitrogens is 3. The van der Waals surface area contributed by atoms with Gasteiger partial charge in [0.1, 0.15) is 11.5 Å². The Bertz CT molecular complexity index is 887. The first-order chi connectivity index (χ1) is 12.2. The molecule has 126 valence electrons. The molecule has 0 bridgehead atoms. The quantitative estimate of drug-likeness (QED) is 0.794. The summed E-state index contributed by atoms with van der Waals surface area (Å²) in [4.78, 5) is 26.8. The maximum atomic E-state index is 12.8. The Balaban J connectivity index is 1.60. The molecule has 3 aromatic rings. The van der Waals surface area contributed by atoms with Gasteiger partial charge in [-0.05, 0) is 43.5 Å². The molecular formula is C20H20N4O. The molecule has 0 radical (unpaired) electrons. The van der Waals surface area contributed by atoms with Crippen LogP contribution in [0.4, 0.5) is 0 Å². The van der Waals surface area contributed by atoms with E-state index in [2.05, 4.69) is 40.1 Å². The number of hydrogen-bond acceptors (Lipinski definition) is 3. The zero-order valence-corrected chi connectivity index (χ0v) is 14.1. The molecule has 5 nitrogen and oxygen atoms in total. The highest BCUT2D eigenvalue weighted by molar-refractivity contribution is 5.92. The monoisotopic (exact) mass is 332 g/mol. The Morgan fingerprint density at radius 2 is 2.12 bits per heavy atom. The maximum Gasteiger partial charge on any atom is 0.273 e. The molecule has 4 rings (SSSR count). The van der Waals surface area contributed by atoms with E-state index in [0.29, 0.717) is 5.69 Å². The Kier molecular flexibility index (Phi) is 4.06. The van der Waals surface area contributed by atoms with Gasteiger partial charge in [0, 0.05) is 12.7 Å². The summed E-state index contributed by atoms with van der Waals surface area (Å²) in [7, 11) is 0. The molecule has 0 spiro atoms. The molecule has 1 saturated heterocycles. The fourth-order valence-electron chi connectivity index (χ4n) is 3.40. The van der Waals surface area contributed by atoms with Gasteiger partial charge in [0.05, 0.1) is 17.9 Å². The average molecular weight is 332 g/mol. The SMILES string of the molecule is Cc1cccc(-c2cnc([C@H]3CCCN3C(=O)c3ccccn3)[nH]2)c1. The zero-order chi connectivity index (χ0) is 17.2. The Hall–Kier alpha value is -2.95. The standard InChI is InChI=1S/C20H20N4O/c1-14-6-4-7-15(12-14)17-13-22-19(23-17)18-9-5-11-24(18)20(25)16-8-2-3-10-21-16/h2-4,6-8,10,12-13,18H,5,9,11H2,1H3,(H,22,23)/t18-/m1/s1. The smallest absolute Gasteiger partial charge is 0.273 e. The first kappa shape index (κ1) is 15.6. The fourth-order valence-corrected chi connectivity index (χ4v) is 3.40. The van der Waals surface area contributed by atoms with Crippen LogP contribution >= 0.6 is 0 Å². The van der Waals surface area contributed by atoms with Crippen LogP contribution in [0.2, 0.25) is 0 Å². The Labute approximate surface area is 146 Å². The molecule has 25 heavy (non-hydrogen) atoms. The number of carbonyl (C=O) groups is 1. The van der Waals surface area contributed by atoms with E-state index >= 15 is 0 Å². The van der Waals surface area contributed by atoms with Crippen molar-refractivity contribution in [1.82, 2.24) is 19.9 Å². The van der Waals surface area contributed by atoms with Crippen molar-refractivity contribution in [3.63, 3.8) is 0 Å². The van der Waals surface area contributed by atoms with Crippen molar-refractivity contribution in [2.45, 2.75) is 25.8 Å². The molecule has 3 heterocycles. The largest absolute Gasteiger partial charge is 0.340 e. The van der Waals surface area contributed by atoms with Crippen LogP contribution in [0.5, 0.6) is 0 Å². The Morgan fingerprint density at radius 3 is 2.92 bits per heavy atom. The van der Waals surface area contributed by atoms with Gasteiger partial charge in [0.15, 0.2) is 0 Å². The van der Waals surface area contributed by atoms with Crippen LogP contribution in [0.1, 0.15) is 40.8 Å². The molecule has 2 aromatic heterocycles. The molecule has 1 fully saturated rings. The van der Waals surface area contributed by atoms with Gasteiger partial charge in [-0.3, -0.25) is 9.78 Å². The minimum absolute atomic E-state index is 0.0203. The lowest BCUT2D eigenvalue weighted by Crippen LogP contribution is -2.31.